The summed E-state index contributed by atoms with van der Waals surface area (Å²) in [5.41, 5.74) is -0.973. The molecule has 1 aliphatic carbocycles. The Morgan fingerprint density at radius 3 is 2.32 bits per heavy atom. The Hall–Kier alpha value is -2.79. The van der Waals surface area contributed by atoms with E-state index in [0.29, 0.717) is 18.6 Å². The molecule has 0 atom stereocenters. The van der Waals surface area contributed by atoms with E-state index in [0.717, 1.165) is 35.7 Å². The summed E-state index contributed by atoms with van der Waals surface area (Å²) < 4.78 is 77.7. The molecule has 0 unspecified atom stereocenters. The van der Waals surface area contributed by atoms with Crippen LogP contribution in [0.5, 0.6) is 11.5 Å². The van der Waals surface area contributed by atoms with Gasteiger partial charge < -0.3 is 14.8 Å². The minimum absolute atomic E-state index is 0.0630. The molecule has 0 aliphatic heterocycles. The normalized spacial score (nSPS) is 15.2. The van der Waals surface area contributed by atoms with Gasteiger partial charge in [-0.15, -0.1) is 0 Å². The SMILES string of the molecule is COc1ccc(S(=O)(=O)N(CC(=O)Nc2cccc(C(F)(F)F)c2)C2CCCCC2)cc1OC. The summed E-state index contributed by atoms with van der Waals surface area (Å²) in [6.45, 7) is -0.530. The average Bonchev–Trinajstić information content (AvgIpc) is 2.82. The first-order valence-electron chi connectivity index (χ1n) is 10.8. The molecule has 0 radical (unpaired) electrons. The highest BCUT2D eigenvalue weighted by Crippen LogP contribution is 2.34. The molecule has 0 heterocycles. The second-order valence-electron chi connectivity index (χ2n) is 7.99. The van der Waals surface area contributed by atoms with E-state index in [1.165, 1.54) is 44.6 Å². The molecule has 1 saturated carbocycles. The van der Waals surface area contributed by atoms with E-state index in [9.17, 15) is 26.4 Å². The van der Waals surface area contributed by atoms with Gasteiger partial charge in [0.15, 0.2) is 11.5 Å². The average molecular weight is 501 g/mol. The third-order valence-electron chi connectivity index (χ3n) is 5.72. The fourth-order valence-corrected chi connectivity index (χ4v) is 5.66. The maximum atomic E-state index is 13.6. The highest BCUT2D eigenvalue weighted by atomic mass is 32.2. The second kappa shape index (κ2) is 10.6. The number of sulfonamides is 1. The van der Waals surface area contributed by atoms with Gasteiger partial charge in [-0.2, -0.15) is 17.5 Å². The standard InChI is InChI=1S/C23H27F3N2O5S/c1-32-20-12-11-19(14-21(20)33-2)34(30,31)28(18-9-4-3-5-10-18)15-22(29)27-17-8-6-7-16(13-17)23(24,25)26/h6-8,11-14,18H,3-5,9-10,15H2,1-2H3,(H,27,29). The van der Waals surface area contributed by atoms with Crippen molar-refractivity contribution in [3.05, 3.63) is 48.0 Å². The molecule has 1 aliphatic rings. The maximum absolute atomic E-state index is 13.6. The van der Waals surface area contributed by atoms with Crippen LogP contribution in [0.25, 0.3) is 0 Å². The molecule has 11 heteroatoms. The van der Waals surface area contributed by atoms with Gasteiger partial charge in [0.25, 0.3) is 0 Å². The number of amides is 1. The topological polar surface area (TPSA) is 84.9 Å². The monoisotopic (exact) mass is 500 g/mol. The Morgan fingerprint density at radius 2 is 1.71 bits per heavy atom. The Morgan fingerprint density at radius 1 is 1.03 bits per heavy atom. The minimum Gasteiger partial charge on any atom is -0.493 e. The first-order valence-corrected chi connectivity index (χ1v) is 12.2. The van der Waals surface area contributed by atoms with Crippen LogP contribution in [0.3, 0.4) is 0 Å². The van der Waals surface area contributed by atoms with Crippen LogP contribution < -0.4 is 14.8 Å². The Labute approximate surface area is 196 Å². The van der Waals surface area contributed by atoms with Crippen molar-refractivity contribution in [2.24, 2.45) is 0 Å². The van der Waals surface area contributed by atoms with Crippen molar-refractivity contribution in [2.45, 2.75) is 49.2 Å². The van der Waals surface area contributed by atoms with E-state index in [1.54, 1.807) is 0 Å². The van der Waals surface area contributed by atoms with Crippen molar-refractivity contribution in [2.75, 3.05) is 26.1 Å². The number of rotatable bonds is 8. The first kappa shape index (κ1) is 25.8. The summed E-state index contributed by atoms with van der Waals surface area (Å²) in [7, 11) is -1.31. The minimum atomic E-state index is -4.56. The zero-order chi connectivity index (χ0) is 24.9. The van der Waals surface area contributed by atoms with Crippen LogP contribution in [0.2, 0.25) is 0 Å². The van der Waals surface area contributed by atoms with E-state index in [4.69, 9.17) is 9.47 Å². The van der Waals surface area contributed by atoms with Crippen molar-refractivity contribution in [3.8, 4) is 11.5 Å². The van der Waals surface area contributed by atoms with Gasteiger partial charge in [-0.1, -0.05) is 25.3 Å². The van der Waals surface area contributed by atoms with Crippen molar-refractivity contribution in [1.82, 2.24) is 4.31 Å². The molecule has 3 rings (SSSR count). The molecule has 0 spiro atoms. The lowest BCUT2D eigenvalue weighted by atomic mass is 9.95. The predicted octanol–water partition coefficient (Wildman–Crippen LogP) is 4.68. The smallest absolute Gasteiger partial charge is 0.416 e. The van der Waals surface area contributed by atoms with E-state index < -0.39 is 40.3 Å². The molecule has 7 nitrogen and oxygen atoms in total. The van der Waals surface area contributed by atoms with E-state index >= 15 is 0 Å². The maximum Gasteiger partial charge on any atom is 0.416 e. The second-order valence-corrected chi connectivity index (χ2v) is 9.88. The van der Waals surface area contributed by atoms with Crippen molar-refractivity contribution >= 4 is 21.6 Å². The number of halogens is 3. The van der Waals surface area contributed by atoms with Crippen LogP contribution >= 0.6 is 0 Å². The van der Waals surface area contributed by atoms with Gasteiger partial charge in [0.2, 0.25) is 15.9 Å². The van der Waals surface area contributed by atoms with Gasteiger partial charge in [-0.3, -0.25) is 4.79 Å². The quantitative estimate of drug-likeness (QED) is 0.569. The Balaban J connectivity index is 1.89. The van der Waals surface area contributed by atoms with Crippen LogP contribution in [0, 0.1) is 0 Å². The summed E-state index contributed by atoms with van der Waals surface area (Å²) in [6.07, 6.45) is -0.786. The summed E-state index contributed by atoms with van der Waals surface area (Å²) >= 11 is 0. The highest BCUT2D eigenvalue weighted by Gasteiger charge is 2.35. The number of carbonyl (C=O) groups is 1. The lowest BCUT2D eigenvalue weighted by molar-refractivity contribution is -0.137. The molecule has 186 valence electrons. The van der Waals surface area contributed by atoms with Crippen LogP contribution in [0.1, 0.15) is 37.7 Å². The van der Waals surface area contributed by atoms with Crippen LogP contribution in [0.4, 0.5) is 18.9 Å². The summed E-state index contributed by atoms with van der Waals surface area (Å²) in [4.78, 5) is 12.7. The molecular formula is C23H27F3N2O5S. The molecule has 0 saturated heterocycles. The van der Waals surface area contributed by atoms with Crippen molar-refractivity contribution in [3.63, 3.8) is 0 Å². The number of nitrogens with one attached hydrogen (secondary N) is 1. The lowest BCUT2D eigenvalue weighted by Crippen LogP contribution is -2.45. The summed E-state index contributed by atoms with van der Waals surface area (Å²) in [6, 6.07) is 7.97. The molecular weight excluding hydrogens is 473 g/mol. The lowest BCUT2D eigenvalue weighted by Gasteiger charge is -2.33. The van der Waals surface area contributed by atoms with Gasteiger partial charge in [-0.05, 0) is 43.2 Å². The number of hydrogen-bond acceptors (Lipinski definition) is 5. The van der Waals surface area contributed by atoms with Crippen LogP contribution in [-0.2, 0) is 21.0 Å². The molecule has 1 fully saturated rings. The number of methoxy groups -OCH3 is 2. The number of alkyl halides is 3. The molecule has 1 amide bonds. The van der Waals surface area contributed by atoms with Gasteiger partial charge in [0.1, 0.15) is 0 Å². The van der Waals surface area contributed by atoms with Gasteiger partial charge >= 0.3 is 6.18 Å². The van der Waals surface area contributed by atoms with Gasteiger partial charge in [0.05, 0.1) is 31.2 Å². The van der Waals surface area contributed by atoms with E-state index in [-0.39, 0.29) is 16.3 Å². The van der Waals surface area contributed by atoms with Gasteiger partial charge in [-0.25, -0.2) is 8.42 Å². The molecule has 0 bridgehead atoms. The summed E-state index contributed by atoms with van der Waals surface area (Å²) in [5.74, 6) is -0.150. The predicted molar refractivity (Wildman–Crippen MR) is 120 cm³/mol. The van der Waals surface area contributed by atoms with E-state index in [1.807, 2.05) is 0 Å². The number of nitrogens with zero attached hydrogens (tertiary/aromatic N) is 1. The Kier molecular flexibility index (Phi) is 8.09. The van der Waals surface area contributed by atoms with Gasteiger partial charge in [0, 0.05) is 17.8 Å². The highest BCUT2D eigenvalue weighted by molar-refractivity contribution is 7.89. The fourth-order valence-electron chi connectivity index (χ4n) is 4.01. The first-order chi connectivity index (χ1) is 16.1. The molecule has 0 aromatic heterocycles. The zero-order valence-electron chi connectivity index (χ0n) is 18.9. The van der Waals surface area contributed by atoms with E-state index in [2.05, 4.69) is 5.32 Å². The van der Waals surface area contributed by atoms with Crippen molar-refractivity contribution in [1.29, 1.82) is 0 Å². The number of benzene rings is 2. The molecule has 2 aromatic rings. The number of carbonyl (C=O) groups excluding carboxylic acids is 1. The van der Waals surface area contributed by atoms with Crippen LogP contribution in [0.15, 0.2) is 47.4 Å². The number of hydrogen-bond donors (Lipinski definition) is 1. The fraction of sp³-hybridized carbons (Fsp3) is 0.435. The van der Waals surface area contributed by atoms with Crippen LogP contribution in [-0.4, -0.2) is 45.4 Å². The molecule has 1 N–H and O–H groups in total. The molecule has 34 heavy (non-hydrogen) atoms. The Bertz CT molecular complexity index is 1120. The van der Waals surface area contributed by atoms with Crippen molar-refractivity contribution < 1.29 is 35.9 Å². The number of anilines is 1. The third kappa shape index (κ3) is 6.01. The zero-order valence-corrected chi connectivity index (χ0v) is 19.7. The molecule has 2 aromatic carbocycles. The largest absolute Gasteiger partial charge is 0.493 e. The third-order valence-corrected chi connectivity index (χ3v) is 7.61. The number of ether oxygens (including phenoxy) is 2. The summed E-state index contributed by atoms with van der Waals surface area (Å²) in [5, 5.41) is 2.40.